The molecule has 2 heteroatoms. The van der Waals surface area contributed by atoms with Crippen LogP contribution in [0.3, 0.4) is 0 Å². The minimum absolute atomic E-state index is 0.230. The molecule has 1 aromatic carbocycles. The van der Waals surface area contributed by atoms with Crippen LogP contribution in [0.2, 0.25) is 0 Å². The van der Waals surface area contributed by atoms with Crippen molar-refractivity contribution in [3.63, 3.8) is 0 Å². The zero-order chi connectivity index (χ0) is 11.4. The van der Waals surface area contributed by atoms with E-state index < -0.39 is 0 Å². The van der Waals surface area contributed by atoms with Gasteiger partial charge in [-0.2, -0.15) is 0 Å². The fourth-order valence-electron chi connectivity index (χ4n) is 2.62. The lowest BCUT2D eigenvalue weighted by Crippen LogP contribution is -2.26. The van der Waals surface area contributed by atoms with Gasteiger partial charge >= 0.3 is 0 Å². The van der Waals surface area contributed by atoms with Crippen molar-refractivity contribution in [2.24, 2.45) is 5.73 Å². The minimum atomic E-state index is 0.230. The highest BCUT2D eigenvalue weighted by Crippen LogP contribution is 2.32. The Labute approximate surface area is 97.5 Å². The van der Waals surface area contributed by atoms with Crippen LogP contribution >= 0.6 is 0 Å². The van der Waals surface area contributed by atoms with Crippen LogP contribution in [0.4, 0.5) is 0 Å². The van der Waals surface area contributed by atoms with Gasteiger partial charge in [-0.25, -0.2) is 0 Å². The van der Waals surface area contributed by atoms with E-state index in [0.717, 1.165) is 12.8 Å². The fraction of sp³-hybridized carbons (Fsp3) is 0.571. The van der Waals surface area contributed by atoms with E-state index in [4.69, 9.17) is 10.8 Å². The van der Waals surface area contributed by atoms with Crippen LogP contribution < -0.4 is 5.73 Å². The molecule has 1 saturated carbocycles. The second-order valence-corrected chi connectivity index (χ2v) is 4.84. The fourth-order valence-corrected chi connectivity index (χ4v) is 2.62. The third kappa shape index (κ3) is 2.83. The molecule has 2 rings (SSSR count). The summed E-state index contributed by atoms with van der Waals surface area (Å²) >= 11 is 0. The molecule has 0 aliphatic heterocycles. The van der Waals surface area contributed by atoms with E-state index in [1.807, 2.05) is 0 Å². The molecule has 0 heterocycles. The van der Waals surface area contributed by atoms with Crippen molar-refractivity contribution in [3.05, 3.63) is 35.4 Å². The zero-order valence-corrected chi connectivity index (χ0v) is 9.73. The Morgan fingerprint density at radius 1 is 1.19 bits per heavy atom. The lowest BCUT2D eigenvalue weighted by Gasteiger charge is -2.27. The molecule has 0 bridgehead atoms. The van der Waals surface area contributed by atoms with Crippen LogP contribution in [0.25, 0.3) is 0 Å². The Morgan fingerprint density at radius 3 is 2.56 bits per heavy atom. The highest BCUT2D eigenvalue weighted by atomic mass is 16.2. The Hall–Kier alpha value is -0.860. The van der Waals surface area contributed by atoms with E-state index in [0.29, 0.717) is 12.0 Å². The van der Waals surface area contributed by atoms with Crippen molar-refractivity contribution in [1.82, 2.24) is 0 Å². The maximum Gasteiger partial charge on any atom is 0.0471 e. The van der Waals surface area contributed by atoms with E-state index >= 15 is 0 Å². The average Bonchev–Trinajstić information content (AvgIpc) is 2.30. The van der Waals surface area contributed by atoms with Crippen molar-refractivity contribution in [3.8, 4) is 0 Å². The van der Waals surface area contributed by atoms with Gasteiger partial charge in [0.2, 0.25) is 0 Å². The molecule has 0 saturated heterocycles. The first kappa shape index (κ1) is 11.6. The summed E-state index contributed by atoms with van der Waals surface area (Å²) in [5, 5.41) is 8.86. The lowest BCUT2D eigenvalue weighted by molar-refractivity contribution is 0.299. The van der Waals surface area contributed by atoms with Crippen LogP contribution in [0.15, 0.2) is 24.3 Å². The summed E-state index contributed by atoms with van der Waals surface area (Å²) in [6.07, 6.45) is 5.58. The molecule has 1 aromatic rings. The first-order valence-electron chi connectivity index (χ1n) is 6.25. The van der Waals surface area contributed by atoms with Crippen LogP contribution in [0, 0.1) is 0 Å². The first-order chi connectivity index (χ1) is 7.79. The van der Waals surface area contributed by atoms with Crippen LogP contribution in [-0.4, -0.2) is 17.8 Å². The monoisotopic (exact) mass is 219 g/mol. The minimum Gasteiger partial charge on any atom is -0.396 e. The first-order valence-corrected chi connectivity index (χ1v) is 6.25. The quantitative estimate of drug-likeness (QED) is 0.818. The molecular weight excluding hydrogens is 198 g/mol. The number of rotatable bonds is 3. The van der Waals surface area contributed by atoms with E-state index in [9.17, 15) is 0 Å². The van der Waals surface area contributed by atoms with Gasteiger partial charge in [0, 0.05) is 12.6 Å². The van der Waals surface area contributed by atoms with Crippen molar-refractivity contribution in [2.75, 3.05) is 6.61 Å². The summed E-state index contributed by atoms with van der Waals surface area (Å²) in [7, 11) is 0. The predicted octanol–water partition coefficient (Wildman–Crippen LogP) is 2.21. The van der Waals surface area contributed by atoms with Crippen molar-refractivity contribution in [2.45, 2.75) is 44.1 Å². The standard InChI is InChI=1S/C14H21NO/c15-14-3-1-2-13(10-14)12-6-4-11(5-7-12)8-9-16/h4-7,13-14,16H,1-3,8-10,15H2. The Bertz CT molecular complexity index is 320. The molecule has 0 aromatic heterocycles. The summed E-state index contributed by atoms with van der Waals surface area (Å²) in [6, 6.07) is 9.05. The maximum atomic E-state index is 8.86. The van der Waals surface area contributed by atoms with Crippen LogP contribution in [0.1, 0.15) is 42.7 Å². The van der Waals surface area contributed by atoms with Gasteiger partial charge in [0.15, 0.2) is 0 Å². The summed E-state index contributed by atoms with van der Waals surface area (Å²) in [6.45, 7) is 0.230. The largest absolute Gasteiger partial charge is 0.396 e. The third-order valence-electron chi connectivity index (χ3n) is 3.57. The molecule has 0 radical (unpaired) electrons. The van der Waals surface area contributed by atoms with E-state index in [-0.39, 0.29) is 6.61 Å². The van der Waals surface area contributed by atoms with Crippen LogP contribution in [0.5, 0.6) is 0 Å². The van der Waals surface area contributed by atoms with Gasteiger partial charge < -0.3 is 10.8 Å². The van der Waals surface area contributed by atoms with E-state index in [2.05, 4.69) is 24.3 Å². The van der Waals surface area contributed by atoms with Gasteiger partial charge in [0.25, 0.3) is 0 Å². The molecule has 2 unspecified atom stereocenters. The molecule has 3 N–H and O–H groups in total. The zero-order valence-electron chi connectivity index (χ0n) is 9.73. The smallest absolute Gasteiger partial charge is 0.0471 e. The summed E-state index contributed by atoms with van der Waals surface area (Å²) in [5.74, 6) is 0.645. The molecule has 0 amide bonds. The van der Waals surface area contributed by atoms with E-state index in [1.165, 1.54) is 30.4 Å². The van der Waals surface area contributed by atoms with Gasteiger partial charge in [-0.3, -0.25) is 0 Å². The summed E-state index contributed by atoms with van der Waals surface area (Å²) in [5.41, 5.74) is 8.63. The summed E-state index contributed by atoms with van der Waals surface area (Å²) < 4.78 is 0. The molecule has 1 aliphatic carbocycles. The average molecular weight is 219 g/mol. The second-order valence-electron chi connectivity index (χ2n) is 4.84. The Kier molecular flexibility index (Phi) is 3.97. The van der Waals surface area contributed by atoms with Crippen molar-refractivity contribution in [1.29, 1.82) is 0 Å². The van der Waals surface area contributed by atoms with Gasteiger partial charge in [0.1, 0.15) is 0 Å². The highest BCUT2D eigenvalue weighted by molar-refractivity contribution is 5.26. The number of hydrogen-bond acceptors (Lipinski definition) is 2. The van der Waals surface area contributed by atoms with Gasteiger partial charge in [-0.1, -0.05) is 30.7 Å². The van der Waals surface area contributed by atoms with E-state index in [1.54, 1.807) is 0 Å². The normalized spacial score (nSPS) is 25.6. The van der Waals surface area contributed by atoms with Gasteiger partial charge in [-0.15, -0.1) is 0 Å². The van der Waals surface area contributed by atoms with Gasteiger partial charge in [0.05, 0.1) is 0 Å². The Balaban J connectivity index is 2.03. The third-order valence-corrected chi connectivity index (χ3v) is 3.57. The molecule has 1 aliphatic rings. The molecule has 88 valence electrons. The van der Waals surface area contributed by atoms with Crippen molar-refractivity contribution < 1.29 is 5.11 Å². The summed E-state index contributed by atoms with van der Waals surface area (Å²) in [4.78, 5) is 0. The number of hydrogen-bond donors (Lipinski definition) is 2. The number of benzene rings is 1. The molecule has 2 atom stereocenters. The molecular formula is C14H21NO. The number of aliphatic hydroxyl groups is 1. The lowest BCUT2D eigenvalue weighted by atomic mass is 9.81. The second kappa shape index (κ2) is 5.46. The maximum absolute atomic E-state index is 8.86. The topological polar surface area (TPSA) is 46.2 Å². The highest BCUT2D eigenvalue weighted by Gasteiger charge is 2.20. The molecule has 0 spiro atoms. The van der Waals surface area contributed by atoms with Crippen LogP contribution in [-0.2, 0) is 6.42 Å². The molecule has 1 fully saturated rings. The number of nitrogens with two attached hydrogens (primary N) is 1. The Morgan fingerprint density at radius 2 is 1.94 bits per heavy atom. The van der Waals surface area contributed by atoms with Crippen molar-refractivity contribution >= 4 is 0 Å². The predicted molar refractivity (Wildman–Crippen MR) is 66.4 cm³/mol. The molecule has 16 heavy (non-hydrogen) atoms. The number of aliphatic hydroxyl groups excluding tert-OH is 1. The SMILES string of the molecule is NC1CCCC(c2ccc(CCO)cc2)C1. The van der Waals surface area contributed by atoms with Gasteiger partial charge in [-0.05, 0) is 42.7 Å². The molecule has 2 nitrogen and oxygen atoms in total.